The Morgan fingerprint density at radius 2 is 2.14 bits per heavy atom. The summed E-state index contributed by atoms with van der Waals surface area (Å²) in [6, 6.07) is 3.83. The molecule has 0 saturated carbocycles. The van der Waals surface area contributed by atoms with Crippen LogP contribution in [-0.2, 0) is 4.79 Å². The van der Waals surface area contributed by atoms with Crippen LogP contribution < -0.4 is 5.32 Å². The van der Waals surface area contributed by atoms with Crippen molar-refractivity contribution in [2.75, 3.05) is 25.0 Å². The summed E-state index contributed by atoms with van der Waals surface area (Å²) in [5, 5.41) is 3.30. The van der Waals surface area contributed by atoms with E-state index in [0.717, 1.165) is 47.1 Å². The van der Waals surface area contributed by atoms with Crippen molar-refractivity contribution < 1.29 is 4.79 Å². The van der Waals surface area contributed by atoms with Gasteiger partial charge in [0.05, 0.1) is 11.2 Å². The second-order valence-corrected chi connectivity index (χ2v) is 6.06. The fraction of sp³-hybridized carbons (Fsp3) is 0.400. The lowest BCUT2D eigenvalue weighted by Crippen LogP contribution is -2.29. The number of rotatable bonds is 4. The number of amides is 1. The molecular weight excluding hydrogens is 332 g/mol. The summed E-state index contributed by atoms with van der Waals surface area (Å²) in [7, 11) is 0. The van der Waals surface area contributed by atoms with Crippen LogP contribution >= 0.6 is 15.9 Å². The maximum absolute atomic E-state index is 12.0. The van der Waals surface area contributed by atoms with Crippen molar-refractivity contribution in [3.05, 3.63) is 29.0 Å². The van der Waals surface area contributed by atoms with Crippen LogP contribution in [0.5, 0.6) is 0 Å². The Morgan fingerprint density at radius 1 is 1.33 bits per heavy atom. The topological polar surface area (TPSA) is 58.1 Å². The van der Waals surface area contributed by atoms with Crippen LogP contribution in [0.25, 0.3) is 11.0 Å². The fourth-order valence-corrected chi connectivity index (χ4v) is 2.90. The molecule has 3 heterocycles. The summed E-state index contributed by atoms with van der Waals surface area (Å²) < 4.78 is 0.906. The van der Waals surface area contributed by atoms with Gasteiger partial charge in [-0.3, -0.25) is 14.8 Å². The van der Waals surface area contributed by atoms with E-state index in [1.165, 1.54) is 0 Å². The molecule has 3 rings (SSSR count). The van der Waals surface area contributed by atoms with Crippen LogP contribution in [0.2, 0.25) is 0 Å². The van der Waals surface area contributed by atoms with E-state index in [9.17, 15) is 4.79 Å². The highest BCUT2D eigenvalue weighted by atomic mass is 79.9. The number of anilines is 1. The largest absolute Gasteiger partial charge is 0.383 e. The van der Waals surface area contributed by atoms with Gasteiger partial charge < -0.3 is 10.2 Å². The Balaban J connectivity index is 1.64. The molecule has 6 heteroatoms. The highest BCUT2D eigenvalue weighted by Crippen LogP contribution is 2.22. The minimum absolute atomic E-state index is 0.231. The molecule has 1 N–H and O–H groups in total. The van der Waals surface area contributed by atoms with Gasteiger partial charge in [-0.25, -0.2) is 0 Å². The molecule has 0 spiro atoms. The highest BCUT2D eigenvalue weighted by molar-refractivity contribution is 9.10. The molecule has 0 atom stereocenters. The first kappa shape index (κ1) is 14.3. The van der Waals surface area contributed by atoms with Crippen LogP contribution in [0.4, 0.5) is 5.69 Å². The van der Waals surface area contributed by atoms with Crippen molar-refractivity contribution in [3.8, 4) is 0 Å². The molecule has 1 amide bonds. The minimum atomic E-state index is 0.231. The number of carbonyl (C=O) groups is 1. The van der Waals surface area contributed by atoms with Gasteiger partial charge in [0.25, 0.3) is 0 Å². The third kappa shape index (κ3) is 3.32. The van der Waals surface area contributed by atoms with E-state index in [-0.39, 0.29) is 5.91 Å². The Labute approximate surface area is 131 Å². The van der Waals surface area contributed by atoms with Crippen LogP contribution in [0.15, 0.2) is 29.0 Å². The summed E-state index contributed by atoms with van der Waals surface area (Å²) in [5.41, 5.74) is 2.58. The van der Waals surface area contributed by atoms with Crippen LogP contribution in [0.3, 0.4) is 0 Å². The molecule has 110 valence electrons. The van der Waals surface area contributed by atoms with E-state index < -0.39 is 0 Å². The van der Waals surface area contributed by atoms with Gasteiger partial charge in [0.2, 0.25) is 5.91 Å². The molecule has 0 aromatic carbocycles. The van der Waals surface area contributed by atoms with Gasteiger partial charge in [-0.05, 0) is 40.9 Å². The molecule has 1 fully saturated rings. The molecule has 0 radical (unpaired) electrons. The van der Waals surface area contributed by atoms with Crippen LogP contribution in [0.1, 0.15) is 19.3 Å². The van der Waals surface area contributed by atoms with Gasteiger partial charge in [-0.2, -0.15) is 0 Å². The standard InChI is InChI=1S/C15H17BrN4O/c16-11-9-13-15(19-10-11)12(3-5-18-13)17-6-4-14(21)20-7-1-2-8-20/h3,5,9-10H,1-2,4,6-8H2,(H,17,18). The minimum Gasteiger partial charge on any atom is -0.383 e. The smallest absolute Gasteiger partial charge is 0.224 e. The van der Waals surface area contributed by atoms with Crippen molar-refractivity contribution >= 4 is 38.6 Å². The Hall–Kier alpha value is -1.69. The van der Waals surface area contributed by atoms with Crippen molar-refractivity contribution in [1.29, 1.82) is 0 Å². The average Bonchev–Trinajstić information content (AvgIpc) is 3.01. The first-order valence-corrected chi connectivity index (χ1v) is 7.95. The maximum Gasteiger partial charge on any atom is 0.224 e. The quantitative estimate of drug-likeness (QED) is 0.922. The molecule has 1 saturated heterocycles. The zero-order valence-electron chi connectivity index (χ0n) is 11.7. The molecule has 0 aliphatic carbocycles. The molecule has 0 unspecified atom stereocenters. The molecule has 2 aromatic rings. The Kier molecular flexibility index (Phi) is 4.34. The molecular formula is C15H17BrN4O. The maximum atomic E-state index is 12.0. The zero-order valence-corrected chi connectivity index (χ0v) is 13.3. The third-order valence-electron chi connectivity index (χ3n) is 3.66. The number of hydrogen-bond donors (Lipinski definition) is 1. The van der Waals surface area contributed by atoms with Crippen molar-refractivity contribution in [2.24, 2.45) is 0 Å². The summed E-state index contributed by atoms with van der Waals surface area (Å²) in [6.45, 7) is 2.44. The molecule has 1 aliphatic heterocycles. The van der Waals surface area contributed by atoms with Crippen molar-refractivity contribution in [3.63, 3.8) is 0 Å². The normalized spacial score (nSPS) is 14.6. The number of nitrogens with zero attached hydrogens (tertiary/aromatic N) is 3. The summed E-state index contributed by atoms with van der Waals surface area (Å²) >= 11 is 3.39. The van der Waals surface area contributed by atoms with E-state index >= 15 is 0 Å². The predicted octanol–water partition coefficient (Wildman–Crippen LogP) is 2.82. The summed E-state index contributed by atoms with van der Waals surface area (Å²) in [6.07, 6.45) is 6.28. The second-order valence-electron chi connectivity index (χ2n) is 5.14. The van der Waals surface area contributed by atoms with E-state index in [0.29, 0.717) is 13.0 Å². The number of carbonyl (C=O) groups excluding carboxylic acids is 1. The number of hydrogen-bond acceptors (Lipinski definition) is 4. The number of fused-ring (bicyclic) bond motifs is 1. The number of aromatic nitrogens is 2. The lowest BCUT2D eigenvalue weighted by Gasteiger charge is -2.15. The highest BCUT2D eigenvalue weighted by Gasteiger charge is 2.17. The molecule has 21 heavy (non-hydrogen) atoms. The van der Waals surface area contributed by atoms with E-state index in [1.807, 2.05) is 17.0 Å². The first-order valence-electron chi connectivity index (χ1n) is 7.16. The average molecular weight is 349 g/mol. The molecule has 2 aromatic heterocycles. The number of halogens is 1. The van der Waals surface area contributed by atoms with E-state index in [4.69, 9.17) is 0 Å². The summed E-state index contributed by atoms with van der Waals surface area (Å²) in [4.78, 5) is 22.6. The monoisotopic (exact) mass is 348 g/mol. The number of nitrogens with one attached hydrogen (secondary N) is 1. The lowest BCUT2D eigenvalue weighted by atomic mass is 10.2. The van der Waals surface area contributed by atoms with Crippen LogP contribution in [-0.4, -0.2) is 40.4 Å². The van der Waals surface area contributed by atoms with Crippen molar-refractivity contribution in [1.82, 2.24) is 14.9 Å². The third-order valence-corrected chi connectivity index (χ3v) is 4.09. The summed E-state index contributed by atoms with van der Waals surface area (Å²) in [5.74, 6) is 0.231. The number of likely N-dealkylation sites (tertiary alicyclic amines) is 1. The second kappa shape index (κ2) is 6.39. The SMILES string of the molecule is O=C(CCNc1ccnc2cc(Br)cnc12)N1CCCC1. The van der Waals surface area contributed by atoms with Gasteiger partial charge in [0.15, 0.2) is 0 Å². The Bertz CT molecular complexity index is 655. The van der Waals surface area contributed by atoms with Crippen molar-refractivity contribution in [2.45, 2.75) is 19.3 Å². The van der Waals surface area contributed by atoms with Gasteiger partial charge in [-0.1, -0.05) is 0 Å². The van der Waals surface area contributed by atoms with Gasteiger partial charge in [0.1, 0.15) is 5.52 Å². The van der Waals surface area contributed by atoms with E-state index in [1.54, 1.807) is 12.4 Å². The predicted molar refractivity (Wildman–Crippen MR) is 86.2 cm³/mol. The molecule has 0 bridgehead atoms. The van der Waals surface area contributed by atoms with Gasteiger partial charge in [-0.15, -0.1) is 0 Å². The molecule has 1 aliphatic rings. The first-order chi connectivity index (χ1) is 10.2. The zero-order chi connectivity index (χ0) is 14.7. The lowest BCUT2D eigenvalue weighted by molar-refractivity contribution is -0.129. The Morgan fingerprint density at radius 3 is 2.95 bits per heavy atom. The van der Waals surface area contributed by atoms with E-state index in [2.05, 4.69) is 31.2 Å². The molecule has 5 nitrogen and oxygen atoms in total. The van der Waals surface area contributed by atoms with Crippen LogP contribution in [0, 0.1) is 0 Å². The fourth-order valence-electron chi connectivity index (χ4n) is 2.58. The van der Waals surface area contributed by atoms with Gasteiger partial charge in [0, 0.05) is 42.9 Å². The number of pyridine rings is 2. The van der Waals surface area contributed by atoms with Gasteiger partial charge >= 0.3 is 0 Å².